The highest BCUT2D eigenvalue weighted by molar-refractivity contribution is 9.10. The molecule has 0 saturated carbocycles. The van der Waals surface area contributed by atoms with Gasteiger partial charge in [0.2, 0.25) is 0 Å². The Kier molecular flexibility index (Phi) is 3.13. The number of aromatic amines is 2. The second-order valence-electron chi connectivity index (χ2n) is 3.57. The van der Waals surface area contributed by atoms with Crippen molar-refractivity contribution in [2.24, 2.45) is 0 Å². The summed E-state index contributed by atoms with van der Waals surface area (Å²) in [5.41, 5.74) is 8.65. The highest BCUT2D eigenvalue weighted by Gasteiger charge is 2.08. The van der Waals surface area contributed by atoms with E-state index in [4.69, 9.17) is 5.73 Å². The molecule has 2 heterocycles. The van der Waals surface area contributed by atoms with Crippen LogP contribution in [0, 0.1) is 0 Å². The van der Waals surface area contributed by atoms with Crippen molar-refractivity contribution in [1.29, 1.82) is 0 Å². The average Bonchev–Trinajstić information content (AvgIpc) is 2.83. The molecule has 0 spiro atoms. The van der Waals surface area contributed by atoms with E-state index in [1.807, 2.05) is 18.3 Å². The second-order valence-corrected chi connectivity index (χ2v) is 4.49. The molecular weight excluding hydrogens is 304 g/mol. The first-order valence-corrected chi connectivity index (χ1v) is 5.61. The number of hydrogen-bond donors (Lipinski definition) is 3. The van der Waals surface area contributed by atoms with Gasteiger partial charge in [0.25, 0.3) is 0 Å². The van der Waals surface area contributed by atoms with Crippen LogP contribution in [0.15, 0.2) is 35.1 Å². The molecule has 0 amide bonds. The Balaban J connectivity index is 0.00000108. The fraction of sp³-hybridized carbons (Fsp3) is 0. The third-order valence-corrected chi connectivity index (χ3v) is 3.02. The summed E-state index contributed by atoms with van der Waals surface area (Å²) >= 11 is 3.46. The molecule has 17 heavy (non-hydrogen) atoms. The van der Waals surface area contributed by atoms with Gasteiger partial charge in [-0.2, -0.15) is 0 Å². The zero-order valence-corrected chi connectivity index (χ0v) is 11.1. The lowest BCUT2D eigenvalue weighted by atomic mass is 10.1. The van der Waals surface area contributed by atoms with Gasteiger partial charge in [-0.05, 0) is 18.2 Å². The minimum atomic E-state index is 0. The standard InChI is InChI=1S/C11H9BrN4.ClH/c12-6-1-2-9-7(3-6)8(4-14-9)10-5-15-11(13)16-10;/h1-5,14H,(H3,13,15,16);1H. The van der Waals surface area contributed by atoms with Crippen molar-refractivity contribution in [2.45, 2.75) is 0 Å². The van der Waals surface area contributed by atoms with Gasteiger partial charge in [0.1, 0.15) is 0 Å². The molecule has 0 atom stereocenters. The summed E-state index contributed by atoms with van der Waals surface area (Å²) in [6.07, 6.45) is 3.68. The molecule has 4 N–H and O–H groups in total. The van der Waals surface area contributed by atoms with Crippen LogP contribution in [0.3, 0.4) is 0 Å². The van der Waals surface area contributed by atoms with Crippen molar-refractivity contribution in [3.63, 3.8) is 0 Å². The first kappa shape index (κ1) is 12.0. The van der Waals surface area contributed by atoms with Crippen molar-refractivity contribution in [3.8, 4) is 11.3 Å². The zero-order chi connectivity index (χ0) is 11.1. The molecule has 0 saturated heterocycles. The molecule has 6 heteroatoms. The summed E-state index contributed by atoms with van der Waals surface area (Å²) in [4.78, 5) is 10.2. The van der Waals surface area contributed by atoms with Gasteiger partial charge in [0.15, 0.2) is 5.95 Å². The Morgan fingerprint density at radius 1 is 1.29 bits per heavy atom. The number of nitrogen functional groups attached to an aromatic ring is 1. The lowest BCUT2D eigenvalue weighted by Crippen LogP contribution is -1.85. The van der Waals surface area contributed by atoms with Crippen LogP contribution in [-0.4, -0.2) is 15.0 Å². The normalized spacial score (nSPS) is 10.4. The van der Waals surface area contributed by atoms with Gasteiger partial charge in [-0.25, -0.2) is 4.98 Å². The maximum absolute atomic E-state index is 5.57. The van der Waals surface area contributed by atoms with E-state index >= 15 is 0 Å². The second kappa shape index (κ2) is 4.43. The number of nitrogens with zero attached hydrogens (tertiary/aromatic N) is 1. The third kappa shape index (κ3) is 2.03. The maximum atomic E-state index is 5.57. The molecule has 88 valence electrons. The largest absolute Gasteiger partial charge is 0.369 e. The highest BCUT2D eigenvalue weighted by atomic mass is 79.9. The topological polar surface area (TPSA) is 70.5 Å². The smallest absolute Gasteiger partial charge is 0.197 e. The first-order valence-electron chi connectivity index (χ1n) is 4.81. The number of nitrogens with one attached hydrogen (secondary N) is 2. The molecule has 0 unspecified atom stereocenters. The van der Waals surface area contributed by atoms with Gasteiger partial charge in [-0.3, -0.25) is 0 Å². The number of anilines is 1. The Hall–Kier alpha value is -1.46. The molecule has 1 aromatic carbocycles. The van der Waals surface area contributed by atoms with E-state index in [0.717, 1.165) is 26.6 Å². The monoisotopic (exact) mass is 312 g/mol. The number of fused-ring (bicyclic) bond motifs is 1. The molecule has 0 aliphatic carbocycles. The first-order chi connectivity index (χ1) is 7.74. The summed E-state index contributed by atoms with van der Waals surface area (Å²) in [7, 11) is 0. The lowest BCUT2D eigenvalue weighted by molar-refractivity contribution is 1.33. The SMILES string of the molecule is Cl.Nc1ncc(-c2c[nH]c3ccc(Br)cc23)[nH]1. The number of nitrogens with two attached hydrogens (primary N) is 1. The minimum absolute atomic E-state index is 0. The Morgan fingerprint density at radius 2 is 2.12 bits per heavy atom. The van der Waals surface area contributed by atoms with Crippen molar-refractivity contribution in [2.75, 3.05) is 5.73 Å². The summed E-state index contributed by atoms with van der Waals surface area (Å²) in [5.74, 6) is 0.430. The van der Waals surface area contributed by atoms with Gasteiger partial charge in [-0.15, -0.1) is 12.4 Å². The summed E-state index contributed by atoms with van der Waals surface area (Å²) in [6.45, 7) is 0. The van der Waals surface area contributed by atoms with Crippen LogP contribution < -0.4 is 5.73 Å². The van der Waals surface area contributed by atoms with Crippen molar-refractivity contribution < 1.29 is 0 Å². The highest BCUT2D eigenvalue weighted by Crippen LogP contribution is 2.29. The van der Waals surface area contributed by atoms with Gasteiger partial charge in [0.05, 0.1) is 11.9 Å². The lowest BCUT2D eigenvalue weighted by Gasteiger charge is -1.95. The number of rotatable bonds is 1. The van der Waals surface area contributed by atoms with Gasteiger partial charge in [0, 0.05) is 27.1 Å². The van der Waals surface area contributed by atoms with E-state index < -0.39 is 0 Å². The molecule has 4 nitrogen and oxygen atoms in total. The van der Waals surface area contributed by atoms with E-state index in [-0.39, 0.29) is 12.4 Å². The molecular formula is C11H10BrClN4. The van der Waals surface area contributed by atoms with Crippen LogP contribution in [0.4, 0.5) is 5.95 Å². The van der Waals surface area contributed by atoms with E-state index in [1.165, 1.54) is 0 Å². The zero-order valence-electron chi connectivity index (χ0n) is 8.70. The fourth-order valence-electron chi connectivity index (χ4n) is 1.79. The Labute approximate surface area is 112 Å². The van der Waals surface area contributed by atoms with Crippen LogP contribution in [0.5, 0.6) is 0 Å². The summed E-state index contributed by atoms with van der Waals surface area (Å²) in [5, 5.41) is 1.14. The van der Waals surface area contributed by atoms with E-state index in [0.29, 0.717) is 5.95 Å². The summed E-state index contributed by atoms with van der Waals surface area (Å²) < 4.78 is 1.05. The van der Waals surface area contributed by atoms with Crippen molar-refractivity contribution >= 4 is 45.2 Å². The predicted molar refractivity (Wildman–Crippen MR) is 75.2 cm³/mol. The Morgan fingerprint density at radius 3 is 2.82 bits per heavy atom. The summed E-state index contributed by atoms with van der Waals surface area (Å²) in [6, 6.07) is 6.10. The third-order valence-electron chi connectivity index (χ3n) is 2.53. The quantitative estimate of drug-likeness (QED) is 0.645. The molecule has 3 aromatic rings. The van der Waals surface area contributed by atoms with Crippen LogP contribution >= 0.6 is 28.3 Å². The van der Waals surface area contributed by atoms with Crippen LogP contribution in [-0.2, 0) is 0 Å². The van der Waals surface area contributed by atoms with Gasteiger partial charge < -0.3 is 15.7 Å². The Bertz CT molecular complexity index is 658. The average molecular weight is 314 g/mol. The molecule has 0 aliphatic heterocycles. The molecule has 0 fully saturated rings. The molecule has 3 rings (SSSR count). The molecule has 2 aromatic heterocycles. The number of hydrogen-bond acceptors (Lipinski definition) is 2. The molecule has 0 aliphatic rings. The maximum Gasteiger partial charge on any atom is 0.197 e. The molecule has 0 bridgehead atoms. The van der Waals surface area contributed by atoms with Crippen LogP contribution in [0.1, 0.15) is 0 Å². The number of benzene rings is 1. The predicted octanol–water partition coefficient (Wildman–Crippen LogP) is 3.32. The number of imidazole rings is 1. The van der Waals surface area contributed by atoms with Crippen LogP contribution in [0.25, 0.3) is 22.2 Å². The van der Waals surface area contributed by atoms with Gasteiger partial charge >= 0.3 is 0 Å². The minimum Gasteiger partial charge on any atom is -0.369 e. The number of H-pyrrole nitrogens is 2. The van der Waals surface area contributed by atoms with E-state index in [1.54, 1.807) is 6.20 Å². The van der Waals surface area contributed by atoms with Gasteiger partial charge in [-0.1, -0.05) is 15.9 Å². The van der Waals surface area contributed by atoms with E-state index in [9.17, 15) is 0 Å². The van der Waals surface area contributed by atoms with Crippen molar-refractivity contribution in [3.05, 3.63) is 35.1 Å². The van der Waals surface area contributed by atoms with E-state index in [2.05, 4.69) is 36.9 Å². The molecule has 0 radical (unpaired) electrons. The van der Waals surface area contributed by atoms with Crippen LogP contribution in [0.2, 0.25) is 0 Å². The number of halogens is 2. The van der Waals surface area contributed by atoms with Crippen molar-refractivity contribution in [1.82, 2.24) is 15.0 Å². The number of aromatic nitrogens is 3. The fourth-order valence-corrected chi connectivity index (χ4v) is 2.15.